The van der Waals surface area contributed by atoms with E-state index in [1.165, 1.54) is 6.07 Å². The molecule has 69 valence electrons. The lowest BCUT2D eigenvalue weighted by Gasteiger charge is -1.99. The van der Waals surface area contributed by atoms with Crippen molar-refractivity contribution in [1.82, 2.24) is 4.98 Å². The zero-order chi connectivity index (χ0) is 9.97. The molecule has 0 fully saturated rings. The lowest BCUT2D eigenvalue weighted by molar-refractivity contribution is 0.509. The van der Waals surface area contributed by atoms with Crippen LogP contribution >= 0.6 is 0 Å². The molecule has 0 N–H and O–H groups in total. The second-order valence-electron chi connectivity index (χ2n) is 2.78. The van der Waals surface area contributed by atoms with Gasteiger partial charge in [0.1, 0.15) is 0 Å². The highest BCUT2D eigenvalue weighted by molar-refractivity contribution is 5.58. The van der Waals surface area contributed by atoms with Crippen LogP contribution in [0.3, 0.4) is 0 Å². The van der Waals surface area contributed by atoms with E-state index >= 15 is 0 Å². The average Bonchev–Trinajstić information content (AvgIpc) is 2.23. The molecule has 0 aliphatic carbocycles. The molecule has 3 heteroatoms. The Bertz CT molecular complexity index is 440. The molecule has 14 heavy (non-hydrogen) atoms. The largest absolute Gasteiger partial charge is 0.246 e. The summed E-state index contributed by atoms with van der Waals surface area (Å²) in [6.07, 6.45) is 2.63. The van der Waals surface area contributed by atoms with Crippen LogP contribution in [0.1, 0.15) is 0 Å². The van der Waals surface area contributed by atoms with Gasteiger partial charge in [-0.15, -0.1) is 0 Å². The average molecular weight is 190 g/mol. The molecule has 0 bridgehead atoms. The normalized spacial score (nSPS) is 10.1. The van der Waals surface area contributed by atoms with Crippen LogP contribution in [0, 0.1) is 17.8 Å². The van der Waals surface area contributed by atoms with Crippen molar-refractivity contribution >= 4 is 0 Å². The maximum absolute atomic E-state index is 12.9. The van der Waals surface area contributed by atoms with Gasteiger partial charge in [-0.05, 0) is 30.3 Å². The Hall–Kier alpha value is -1.77. The Balaban J connectivity index is 2.48. The molecule has 1 nitrogen and oxygen atoms in total. The smallest absolute Gasteiger partial charge is 0.159 e. The van der Waals surface area contributed by atoms with Crippen molar-refractivity contribution in [3.63, 3.8) is 0 Å². The number of nitrogens with zero attached hydrogens (tertiary/aromatic N) is 1. The second kappa shape index (κ2) is 3.54. The molecule has 2 rings (SSSR count). The van der Waals surface area contributed by atoms with Gasteiger partial charge in [-0.2, -0.15) is 0 Å². The van der Waals surface area contributed by atoms with Crippen molar-refractivity contribution in [1.29, 1.82) is 0 Å². The molecule has 0 atom stereocenters. The van der Waals surface area contributed by atoms with Crippen molar-refractivity contribution in [2.45, 2.75) is 0 Å². The number of hydrogen-bond donors (Lipinski definition) is 0. The molecule has 1 aromatic carbocycles. The van der Waals surface area contributed by atoms with E-state index in [1.807, 2.05) is 0 Å². The van der Waals surface area contributed by atoms with Gasteiger partial charge in [-0.25, -0.2) is 13.8 Å². The first-order valence-corrected chi connectivity index (χ1v) is 4.06. The van der Waals surface area contributed by atoms with Crippen molar-refractivity contribution in [2.75, 3.05) is 0 Å². The molecule has 0 amide bonds. The molecule has 0 unspecified atom stereocenters. The van der Waals surface area contributed by atoms with Gasteiger partial charge in [-0.1, -0.05) is 6.07 Å². The summed E-state index contributed by atoms with van der Waals surface area (Å²) in [5.74, 6) is -1.72. The fourth-order valence-corrected chi connectivity index (χ4v) is 1.14. The highest BCUT2D eigenvalue weighted by Crippen LogP contribution is 2.18. The van der Waals surface area contributed by atoms with Crippen LogP contribution in [0.25, 0.3) is 11.3 Å². The molecular weight excluding hydrogens is 184 g/mol. The Morgan fingerprint density at radius 2 is 1.93 bits per heavy atom. The SMILES string of the molecule is Fc1ccc(-c2ccc[c]n2)cc1F. The first-order chi connectivity index (χ1) is 6.77. The van der Waals surface area contributed by atoms with E-state index in [2.05, 4.69) is 11.2 Å². The summed E-state index contributed by atoms with van der Waals surface area (Å²) in [6, 6.07) is 8.77. The molecular formula is C11H6F2N. The number of pyridine rings is 1. The fourth-order valence-electron chi connectivity index (χ4n) is 1.14. The van der Waals surface area contributed by atoms with Crippen LogP contribution in [0.4, 0.5) is 8.78 Å². The van der Waals surface area contributed by atoms with E-state index in [1.54, 1.807) is 18.2 Å². The van der Waals surface area contributed by atoms with E-state index in [0.717, 1.165) is 12.1 Å². The summed E-state index contributed by atoms with van der Waals surface area (Å²) in [6.45, 7) is 0. The van der Waals surface area contributed by atoms with Crippen LogP contribution in [0.2, 0.25) is 0 Å². The van der Waals surface area contributed by atoms with Gasteiger partial charge < -0.3 is 0 Å². The van der Waals surface area contributed by atoms with Gasteiger partial charge in [-0.3, -0.25) is 0 Å². The van der Waals surface area contributed by atoms with E-state index in [-0.39, 0.29) is 0 Å². The lowest BCUT2D eigenvalue weighted by Crippen LogP contribution is -1.87. The van der Waals surface area contributed by atoms with Gasteiger partial charge in [0.2, 0.25) is 0 Å². The molecule has 0 aliphatic rings. The third kappa shape index (κ3) is 1.62. The maximum atomic E-state index is 12.9. The van der Waals surface area contributed by atoms with Crippen LogP contribution in [-0.4, -0.2) is 4.98 Å². The minimum Gasteiger partial charge on any atom is -0.246 e. The third-order valence-corrected chi connectivity index (χ3v) is 1.83. The third-order valence-electron chi connectivity index (χ3n) is 1.83. The first kappa shape index (κ1) is 8.81. The Labute approximate surface area is 80.0 Å². The summed E-state index contributed by atoms with van der Waals surface area (Å²) < 4.78 is 25.5. The summed E-state index contributed by atoms with van der Waals surface area (Å²) in [5, 5.41) is 0. The molecule has 1 heterocycles. The first-order valence-electron chi connectivity index (χ1n) is 4.06. The van der Waals surface area contributed by atoms with Gasteiger partial charge in [0.15, 0.2) is 11.6 Å². The van der Waals surface area contributed by atoms with Gasteiger partial charge in [0, 0.05) is 5.56 Å². The van der Waals surface area contributed by atoms with Crippen LogP contribution in [0.15, 0.2) is 36.4 Å². The molecule has 0 aliphatic heterocycles. The van der Waals surface area contributed by atoms with E-state index in [0.29, 0.717) is 11.3 Å². The number of hydrogen-bond acceptors (Lipinski definition) is 1. The molecule has 0 saturated carbocycles. The van der Waals surface area contributed by atoms with E-state index in [9.17, 15) is 8.78 Å². The molecule has 0 saturated heterocycles. The molecule has 1 radical (unpaired) electrons. The Morgan fingerprint density at radius 3 is 2.57 bits per heavy atom. The van der Waals surface area contributed by atoms with Crippen molar-refractivity contribution < 1.29 is 8.78 Å². The zero-order valence-corrected chi connectivity index (χ0v) is 7.17. The molecule has 2 aromatic rings. The quantitative estimate of drug-likeness (QED) is 0.673. The predicted octanol–water partition coefficient (Wildman–Crippen LogP) is 2.83. The highest BCUT2D eigenvalue weighted by atomic mass is 19.2. The molecule has 0 spiro atoms. The fraction of sp³-hybridized carbons (Fsp3) is 0. The monoisotopic (exact) mass is 190 g/mol. The van der Waals surface area contributed by atoms with Crippen molar-refractivity contribution in [2.24, 2.45) is 0 Å². The maximum Gasteiger partial charge on any atom is 0.159 e. The Kier molecular flexibility index (Phi) is 2.23. The molecule has 1 aromatic heterocycles. The van der Waals surface area contributed by atoms with Crippen LogP contribution < -0.4 is 0 Å². The zero-order valence-electron chi connectivity index (χ0n) is 7.17. The van der Waals surface area contributed by atoms with Crippen molar-refractivity contribution in [3.05, 3.63) is 54.2 Å². The lowest BCUT2D eigenvalue weighted by atomic mass is 10.1. The number of rotatable bonds is 1. The predicted molar refractivity (Wildman–Crippen MR) is 48.4 cm³/mol. The number of aromatic nitrogens is 1. The summed E-state index contributed by atoms with van der Waals surface area (Å²) in [4.78, 5) is 3.91. The summed E-state index contributed by atoms with van der Waals surface area (Å²) >= 11 is 0. The van der Waals surface area contributed by atoms with Crippen LogP contribution in [-0.2, 0) is 0 Å². The van der Waals surface area contributed by atoms with Crippen LogP contribution in [0.5, 0.6) is 0 Å². The van der Waals surface area contributed by atoms with Gasteiger partial charge in [0.25, 0.3) is 0 Å². The summed E-state index contributed by atoms with van der Waals surface area (Å²) in [7, 11) is 0. The second-order valence-corrected chi connectivity index (χ2v) is 2.78. The van der Waals surface area contributed by atoms with Gasteiger partial charge in [0.05, 0.1) is 11.9 Å². The van der Waals surface area contributed by atoms with E-state index in [4.69, 9.17) is 0 Å². The topological polar surface area (TPSA) is 12.9 Å². The van der Waals surface area contributed by atoms with E-state index < -0.39 is 11.6 Å². The van der Waals surface area contributed by atoms with Gasteiger partial charge >= 0.3 is 0 Å². The highest BCUT2D eigenvalue weighted by Gasteiger charge is 2.04. The minimum atomic E-state index is -0.867. The minimum absolute atomic E-state index is 0.542. The standard InChI is InChI=1S/C11H6F2N/c12-9-5-4-8(7-10(9)13)11-3-1-2-6-14-11/h1-5,7H. The van der Waals surface area contributed by atoms with Crippen molar-refractivity contribution in [3.8, 4) is 11.3 Å². The number of benzene rings is 1. The Morgan fingerprint density at radius 1 is 1.07 bits per heavy atom. The number of halogens is 2. The summed E-state index contributed by atoms with van der Waals surface area (Å²) in [5.41, 5.74) is 1.12.